The van der Waals surface area contributed by atoms with E-state index in [1.807, 2.05) is 27.7 Å². The summed E-state index contributed by atoms with van der Waals surface area (Å²) in [5.41, 5.74) is 8.66. The molecule has 0 aliphatic carbocycles. The standard InChI is InChI=1S/C33H44N4O7/c1-6-20-16(2)26(36-33(20)44)13-24-17(3)21(7-9-30(39)40)27(34-24)15-28-22(8-10-31(41)42)18(4)25(35-28)14-29-23(11-12-38)19(5)32(43)37-29/h6,19,23,26,29,34-35,38H,1,7-15H2,2-5H3,(H,36,44)(H,37,43)(H,39,40)(H,41,42)/t19-,23-,26-,29?/m1/s1. The minimum absolute atomic E-state index is 0.0122. The molecule has 0 radical (unpaired) electrons. The van der Waals surface area contributed by atoms with Gasteiger partial charge in [0.2, 0.25) is 5.91 Å². The highest BCUT2D eigenvalue weighted by Crippen LogP contribution is 2.32. The number of aromatic amines is 2. The quantitative estimate of drug-likeness (QED) is 0.162. The number of carbonyl (C=O) groups is 4. The van der Waals surface area contributed by atoms with Crippen molar-refractivity contribution in [1.29, 1.82) is 0 Å². The van der Waals surface area contributed by atoms with Crippen LogP contribution in [0.25, 0.3) is 0 Å². The molecule has 7 N–H and O–H groups in total. The van der Waals surface area contributed by atoms with Crippen LogP contribution in [-0.4, -0.2) is 67.7 Å². The number of H-pyrrole nitrogens is 2. The molecule has 2 amide bonds. The van der Waals surface area contributed by atoms with Crippen LogP contribution in [0, 0.1) is 25.7 Å². The van der Waals surface area contributed by atoms with Crippen molar-refractivity contribution in [2.45, 2.75) is 91.1 Å². The van der Waals surface area contributed by atoms with E-state index in [0.29, 0.717) is 44.1 Å². The number of hydrogen-bond acceptors (Lipinski definition) is 5. The van der Waals surface area contributed by atoms with Crippen LogP contribution < -0.4 is 10.6 Å². The minimum atomic E-state index is -0.904. The van der Waals surface area contributed by atoms with Crippen molar-refractivity contribution in [1.82, 2.24) is 20.6 Å². The Balaban J connectivity index is 1.69. The minimum Gasteiger partial charge on any atom is -0.481 e. The van der Waals surface area contributed by atoms with Gasteiger partial charge in [-0.15, -0.1) is 0 Å². The van der Waals surface area contributed by atoms with Gasteiger partial charge in [-0.05, 0) is 73.8 Å². The fraction of sp³-hybridized carbons (Fsp3) is 0.515. The highest BCUT2D eigenvalue weighted by Gasteiger charge is 2.39. The van der Waals surface area contributed by atoms with E-state index >= 15 is 0 Å². The van der Waals surface area contributed by atoms with Crippen molar-refractivity contribution < 1.29 is 34.5 Å². The summed E-state index contributed by atoms with van der Waals surface area (Å²) in [6.45, 7) is 11.4. The SMILES string of the molecule is C=CC1=C(C)[C@@H](Cc2[nH]c(Cc3[nH]c(CC4NC(=O)[C@H](C)[C@H]4CCO)c(C)c3CCC(=O)O)c(CCC(=O)O)c2C)NC1=O. The maximum absolute atomic E-state index is 12.5. The molecule has 0 saturated carbocycles. The molecule has 0 bridgehead atoms. The second-order valence-electron chi connectivity index (χ2n) is 12.2. The van der Waals surface area contributed by atoms with Crippen LogP contribution in [0.4, 0.5) is 0 Å². The summed E-state index contributed by atoms with van der Waals surface area (Å²) in [6.07, 6.45) is 4.05. The lowest BCUT2D eigenvalue weighted by atomic mass is 9.86. The fourth-order valence-electron chi connectivity index (χ4n) is 6.91. The zero-order valence-corrected chi connectivity index (χ0v) is 25.9. The summed E-state index contributed by atoms with van der Waals surface area (Å²) >= 11 is 0. The average Bonchev–Trinajstić information content (AvgIpc) is 3.60. The number of amides is 2. The van der Waals surface area contributed by atoms with Gasteiger partial charge < -0.3 is 35.9 Å². The van der Waals surface area contributed by atoms with E-state index in [4.69, 9.17) is 0 Å². The van der Waals surface area contributed by atoms with Crippen molar-refractivity contribution in [2.24, 2.45) is 11.8 Å². The Morgan fingerprint density at radius 2 is 1.41 bits per heavy atom. The highest BCUT2D eigenvalue weighted by molar-refractivity contribution is 6.00. The van der Waals surface area contributed by atoms with Crippen molar-refractivity contribution in [3.8, 4) is 0 Å². The number of carboxylic acids is 2. The molecule has 2 aromatic heterocycles. The third kappa shape index (κ3) is 6.83. The normalized spacial score (nSPS) is 21.6. The lowest BCUT2D eigenvalue weighted by molar-refractivity contribution is -0.138. The maximum atomic E-state index is 12.5. The Labute approximate surface area is 257 Å². The first-order chi connectivity index (χ1) is 20.9. The summed E-state index contributed by atoms with van der Waals surface area (Å²) in [6, 6.07) is -0.375. The van der Waals surface area contributed by atoms with E-state index in [-0.39, 0.29) is 55.2 Å². The summed E-state index contributed by atoms with van der Waals surface area (Å²) in [4.78, 5) is 55.0. The molecule has 2 aromatic rings. The molecule has 4 heterocycles. The van der Waals surface area contributed by atoms with Gasteiger partial charge in [0, 0.05) is 79.0 Å². The van der Waals surface area contributed by atoms with Gasteiger partial charge in [-0.2, -0.15) is 0 Å². The van der Waals surface area contributed by atoms with Crippen LogP contribution in [0.15, 0.2) is 23.8 Å². The van der Waals surface area contributed by atoms with Crippen molar-refractivity contribution in [2.75, 3.05) is 6.61 Å². The zero-order chi connectivity index (χ0) is 32.3. The van der Waals surface area contributed by atoms with E-state index in [1.165, 1.54) is 0 Å². The number of aromatic nitrogens is 2. The molecule has 4 atom stereocenters. The summed E-state index contributed by atoms with van der Waals surface area (Å²) < 4.78 is 0. The number of rotatable bonds is 15. The largest absolute Gasteiger partial charge is 0.481 e. The van der Waals surface area contributed by atoms with E-state index < -0.39 is 11.9 Å². The molecule has 2 aliphatic heterocycles. The Morgan fingerprint density at radius 3 is 1.89 bits per heavy atom. The molecule has 0 spiro atoms. The van der Waals surface area contributed by atoms with Crippen LogP contribution in [0.3, 0.4) is 0 Å². The molecule has 1 saturated heterocycles. The van der Waals surface area contributed by atoms with Gasteiger partial charge >= 0.3 is 11.9 Å². The molecule has 11 nitrogen and oxygen atoms in total. The van der Waals surface area contributed by atoms with E-state index in [1.54, 1.807) is 6.08 Å². The van der Waals surface area contributed by atoms with Crippen LogP contribution in [0.1, 0.15) is 78.1 Å². The number of aliphatic carboxylic acids is 2. The third-order valence-corrected chi connectivity index (χ3v) is 9.57. The number of nitrogens with one attached hydrogen (secondary N) is 4. The fourth-order valence-corrected chi connectivity index (χ4v) is 6.91. The first kappa shape index (κ1) is 32.8. The topological polar surface area (TPSA) is 185 Å². The molecule has 11 heteroatoms. The molecule has 2 aliphatic rings. The maximum Gasteiger partial charge on any atom is 0.303 e. The van der Waals surface area contributed by atoms with Crippen LogP contribution in [0.2, 0.25) is 0 Å². The van der Waals surface area contributed by atoms with Gasteiger partial charge in [-0.3, -0.25) is 19.2 Å². The van der Waals surface area contributed by atoms with E-state index in [0.717, 1.165) is 50.6 Å². The van der Waals surface area contributed by atoms with Crippen LogP contribution in [-0.2, 0) is 51.3 Å². The molecule has 1 fully saturated rings. The monoisotopic (exact) mass is 608 g/mol. The molecule has 0 aromatic carbocycles. The van der Waals surface area contributed by atoms with Gasteiger partial charge in [0.25, 0.3) is 5.91 Å². The Kier molecular flexibility index (Phi) is 10.2. The second-order valence-corrected chi connectivity index (χ2v) is 12.2. The summed E-state index contributed by atoms with van der Waals surface area (Å²) in [5.74, 6) is -2.24. The van der Waals surface area contributed by atoms with Crippen molar-refractivity contribution in [3.05, 3.63) is 68.8 Å². The number of aliphatic hydroxyl groups excluding tert-OH is 1. The van der Waals surface area contributed by atoms with Crippen LogP contribution in [0.5, 0.6) is 0 Å². The average molecular weight is 609 g/mol. The Hall–Kier alpha value is -4.12. The second kappa shape index (κ2) is 13.7. The molecule has 238 valence electrons. The smallest absolute Gasteiger partial charge is 0.303 e. The van der Waals surface area contributed by atoms with Gasteiger partial charge in [0.1, 0.15) is 0 Å². The van der Waals surface area contributed by atoms with Crippen molar-refractivity contribution in [3.63, 3.8) is 0 Å². The van der Waals surface area contributed by atoms with Gasteiger partial charge in [-0.1, -0.05) is 19.6 Å². The van der Waals surface area contributed by atoms with E-state index in [2.05, 4.69) is 27.2 Å². The third-order valence-electron chi connectivity index (χ3n) is 9.57. The first-order valence-electron chi connectivity index (χ1n) is 15.2. The summed E-state index contributed by atoms with van der Waals surface area (Å²) in [7, 11) is 0. The predicted octanol–water partition coefficient (Wildman–Crippen LogP) is 2.80. The number of carboxylic acid groups (broad SMARTS) is 2. The van der Waals surface area contributed by atoms with Gasteiger partial charge in [-0.25, -0.2) is 0 Å². The lowest BCUT2D eigenvalue weighted by Crippen LogP contribution is -2.32. The van der Waals surface area contributed by atoms with Gasteiger partial charge in [0.05, 0.1) is 6.04 Å². The molecule has 4 rings (SSSR count). The molecular formula is C33H44N4O7. The van der Waals surface area contributed by atoms with Gasteiger partial charge in [0.15, 0.2) is 0 Å². The predicted molar refractivity (Wildman–Crippen MR) is 164 cm³/mol. The molecular weight excluding hydrogens is 564 g/mol. The zero-order valence-electron chi connectivity index (χ0n) is 25.9. The lowest BCUT2D eigenvalue weighted by Gasteiger charge is -2.20. The number of aliphatic hydroxyl groups is 1. The molecule has 1 unspecified atom stereocenters. The first-order valence-corrected chi connectivity index (χ1v) is 15.2. The Morgan fingerprint density at radius 1 is 0.864 bits per heavy atom. The van der Waals surface area contributed by atoms with E-state index in [9.17, 15) is 34.5 Å². The number of carbonyl (C=O) groups excluding carboxylic acids is 2. The number of hydrogen-bond donors (Lipinski definition) is 7. The van der Waals surface area contributed by atoms with Crippen molar-refractivity contribution >= 4 is 23.8 Å². The van der Waals surface area contributed by atoms with Crippen LogP contribution >= 0.6 is 0 Å². The Bertz CT molecular complexity index is 1500. The molecule has 44 heavy (non-hydrogen) atoms. The highest BCUT2D eigenvalue weighted by atomic mass is 16.4. The summed E-state index contributed by atoms with van der Waals surface area (Å²) in [5, 5.41) is 34.6.